The standard InChI is InChI=1S/C20H15N3O/c21-19-20(23-24,16-9-5-2-6-10-16)17-13-15(11-12-18(17)22-19)14-7-3-1-4-8-14/h1-13H,(H2,21,22). The summed E-state index contributed by atoms with van der Waals surface area (Å²) in [5, 5.41) is 3.44. The molecule has 4 nitrogen and oxygen atoms in total. The van der Waals surface area contributed by atoms with Gasteiger partial charge in [0.25, 0.3) is 0 Å². The lowest BCUT2D eigenvalue weighted by Crippen LogP contribution is -2.37. The molecule has 116 valence electrons. The number of benzene rings is 3. The monoisotopic (exact) mass is 313 g/mol. The smallest absolute Gasteiger partial charge is 0.211 e. The van der Waals surface area contributed by atoms with Crippen molar-refractivity contribution in [3.05, 3.63) is 94.9 Å². The number of hydrogen-bond acceptors (Lipinski definition) is 4. The molecule has 0 amide bonds. The van der Waals surface area contributed by atoms with Crippen LogP contribution in [0.25, 0.3) is 11.1 Å². The molecule has 0 radical (unpaired) electrons. The van der Waals surface area contributed by atoms with Crippen LogP contribution in [0.3, 0.4) is 0 Å². The molecule has 0 aromatic heterocycles. The molecule has 4 heteroatoms. The molecular weight excluding hydrogens is 298 g/mol. The molecule has 1 unspecified atom stereocenters. The number of hydrogen-bond donors (Lipinski definition) is 1. The molecule has 3 aromatic carbocycles. The van der Waals surface area contributed by atoms with E-state index in [-0.39, 0.29) is 5.84 Å². The van der Waals surface area contributed by atoms with E-state index in [2.05, 4.69) is 10.2 Å². The van der Waals surface area contributed by atoms with Crippen molar-refractivity contribution in [1.82, 2.24) is 0 Å². The predicted molar refractivity (Wildman–Crippen MR) is 96.2 cm³/mol. The van der Waals surface area contributed by atoms with Gasteiger partial charge in [-0.2, -0.15) is 0 Å². The Morgan fingerprint density at radius 3 is 2.17 bits per heavy atom. The zero-order valence-corrected chi connectivity index (χ0v) is 12.9. The first-order chi connectivity index (χ1) is 11.8. The van der Waals surface area contributed by atoms with Gasteiger partial charge >= 0.3 is 0 Å². The fourth-order valence-corrected chi connectivity index (χ4v) is 3.21. The van der Waals surface area contributed by atoms with Crippen molar-refractivity contribution < 1.29 is 0 Å². The van der Waals surface area contributed by atoms with Crippen molar-refractivity contribution in [1.29, 1.82) is 0 Å². The second-order valence-electron chi connectivity index (χ2n) is 5.76. The van der Waals surface area contributed by atoms with E-state index in [1.807, 2.05) is 78.9 Å². The van der Waals surface area contributed by atoms with Gasteiger partial charge in [0.1, 0.15) is 5.84 Å². The van der Waals surface area contributed by atoms with Crippen LogP contribution in [0.5, 0.6) is 0 Å². The number of nitrogens with two attached hydrogens (primary N) is 1. The molecule has 4 rings (SSSR count). The lowest BCUT2D eigenvalue weighted by atomic mass is 9.82. The van der Waals surface area contributed by atoms with Crippen LogP contribution in [0.4, 0.5) is 5.69 Å². The fourth-order valence-electron chi connectivity index (χ4n) is 3.21. The Hall–Kier alpha value is -3.27. The Balaban J connectivity index is 1.94. The van der Waals surface area contributed by atoms with E-state index in [9.17, 15) is 4.91 Å². The highest BCUT2D eigenvalue weighted by molar-refractivity contribution is 6.02. The van der Waals surface area contributed by atoms with Gasteiger partial charge in [-0.15, -0.1) is 4.91 Å². The highest BCUT2D eigenvalue weighted by atomic mass is 16.3. The van der Waals surface area contributed by atoms with E-state index >= 15 is 0 Å². The van der Waals surface area contributed by atoms with Crippen LogP contribution in [0, 0.1) is 4.91 Å². The molecule has 2 N–H and O–H groups in total. The molecule has 0 saturated carbocycles. The number of nitrogens with zero attached hydrogens (tertiary/aromatic N) is 2. The van der Waals surface area contributed by atoms with Gasteiger partial charge < -0.3 is 5.73 Å². The van der Waals surface area contributed by atoms with E-state index in [1.54, 1.807) is 0 Å². The minimum atomic E-state index is -1.26. The van der Waals surface area contributed by atoms with Crippen molar-refractivity contribution in [2.45, 2.75) is 5.54 Å². The fraction of sp³-hybridized carbons (Fsp3) is 0.0500. The normalized spacial score (nSPS) is 18.8. The van der Waals surface area contributed by atoms with Gasteiger partial charge in [-0.3, -0.25) is 0 Å². The van der Waals surface area contributed by atoms with Crippen LogP contribution in [-0.2, 0) is 5.54 Å². The summed E-state index contributed by atoms with van der Waals surface area (Å²) >= 11 is 0. The summed E-state index contributed by atoms with van der Waals surface area (Å²) in [6, 6.07) is 25.2. The summed E-state index contributed by atoms with van der Waals surface area (Å²) in [6.45, 7) is 0. The maximum absolute atomic E-state index is 11.9. The molecule has 3 aromatic rings. The van der Waals surface area contributed by atoms with Gasteiger partial charge in [0.05, 0.1) is 5.69 Å². The zero-order valence-electron chi connectivity index (χ0n) is 12.9. The number of rotatable bonds is 3. The molecule has 1 aliphatic rings. The largest absolute Gasteiger partial charge is 0.384 e. The molecular formula is C20H15N3O. The van der Waals surface area contributed by atoms with Crippen LogP contribution in [0.1, 0.15) is 11.1 Å². The average molecular weight is 313 g/mol. The van der Waals surface area contributed by atoms with E-state index in [4.69, 9.17) is 5.73 Å². The van der Waals surface area contributed by atoms with Crippen molar-refractivity contribution in [2.24, 2.45) is 15.9 Å². The molecule has 0 aliphatic carbocycles. The second kappa shape index (κ2) is 5.42. The SMILES string of the molecule is NC1=Nc2ccc(-c3ccccc3)cc2C1(N=O)c1ccccc1. The van der Waals surface area contributed by atoms with Gasteiger partial charge in [-0.1, -0.05) is 66.7 Å². The maximum Gasteiger partial charge on any atom is 0.211 e. The first kappa shape index (κ1) is 14.3. The molecule has 0 fully saturated rings. The van der Waals surface area contributed by atoms with Crippen LogP contribution in [0.2, 0.25) is 0 Å². The number of amidine groups is 1. The minimum absolute atomic E-state index is 0.212. The molecule has 0 bridgehead atoms. The van der Waals surface area contributed by atoms with Gasteiger partial charge in [0.2, 0.25) is 5.54 Å². The highest BCUT2D eigenvalue weighted by Gasteiger charge is 2.46. The van der Waals surface area contributed by atoms with E-state index in [0.717, 1.165) is 22.3 Å². The Labute approximate surface area is 139 Å². The Morgan fingerprint density at radius 2 is 1.50 bits per heavy atom. The maximum atomic E-state index is 11.9. The van der Waals surface area contributed by atoms with Gasteiger partial charge in [0, 0.05) is 5.56 Å². The first-order valence-corrected chi connectivity index (χ1v) is 7.70. The van der Waals surface area contributed by atoms with Crippen molar-refractivity contribution >= 4 is 11.5 Å². The third-order valence-corrected chi connectivity index (χ3v) is 4.43. The van der Waals surface area contributed by atoms with Crippen LogP contribution >= 0.6 is 0 Å². The summed E-state index contributed by atoms with van der Waals surface area (Å²) in [5.41, 5.74) is 9.10. The lowest BCUT2D eigenvalue weighted by Gasteiger charge is -2.23. The van der Waals surface area contributed by atoms with Crippen LogP contribution < -0.4 is 5.73 Å². The summed E-state index contributed by atoms with van der Waals surface area (Å²) in [5.74, 6) is 0.212. The van der Waals surface area contributed by atoms with Crippen molar-refractivity contribution in [2.75, 3.05) is 0 Å². The van der Waals surface area contributed by atoms with Crippen LogP contribution in [-0.4, -0.2) is 5.84 Å². The summed E-state index contributed by atoms with van der Waals surface area (Å²) in [7, 11) is 0. The van der Waals surface area contributed by atoms with E-state index in [1.165, 1.54) is 0 Å². The number of fused-ring (bicyclic) bond motifs is 1. The van der Waals surface area contributed by atoms with Crippen molar-refractivity contribution in [3.63, 3.8) is 0 Å². The molecule has 0 spiro atoms. The molecule has 1 aliphatic heterocycles. The summed E-state index contributed by atoms with van der Waals surface area (Å²) < 4.78 is 0. The number of nitroso groups, excluding NO2 is 1. The van der Waals surface area contributed by atoms with Crippen LogP contribution in [0.15, 0.2) is 89.0 Å². The summed E-state index contributed by atoms with van der Waals surface area (Å²) in [6.07, 6.45) is 0. The Kier molecular flexibility index (Phi) is 3.24. The summed E-state index contributed by atoms with van der Waals surface area (Å²) in [4.78, 5) is 16.3. The van der Waals surface area contributed by atoms with Gasteiger partial charge in [0.15, 0.2) is 0 Å². The predicted octanol–water partition coefficient (Wildman–Crippen LogP) is 4.37. The Bertz CT molecular complexity index is 936. The Morgan fingerprint density at radius 1 is 0.833 bits per heavy atom. The van der Waals surface area contributed by atoms with E-state index in [0.29, 0.717) is 5.69 Å². The average Bonchev–Trinajstić information content (AvgIpc) is 2.94. The highest BCUT2D eigenvalue weighted by Crippen LogP contribution is 2.45. The lowest BCUT2D eigenvalue weighted by molar-refractivity contribution is 0.735. The minimum Gasteiger partial charge on any atom is -0.384 e. The topological polar surface area (TPSA) is 67.8 Å². The number of aliphatic imine (C=N–C) groups is 1. The second-order valence-corrected chi connectivity index (χ2v) is 5.76. The zero-order chi connectivity index (χ0) is 16.6. The first-order valence-electron chi connectivity index (χ1n) is 7.70. The van der Waals surface area contributed by atoms with Crippen molar-refractivity contribution in [3.8, 4) is 11.1 Å². The van der Waals surface area contributed by atoms with Gasteiger partial charge in [-0.05, 0) is 34.0 Å². The molecule has 0 saturated heterocycles. The molecule has 1 heterocycles. The quantitative estimate of drug-likeness (QED) is 0.730. The molecule has 1 atom stereocenters. The molecule has 24 heavy (non-hydrogen) atoms. The third-order valence-electron chi connectivity index (χ3n) is 4.43. The van der Waals surface area contributed by atoms with Gasteiger partial charge in [-0.25, -0.2) is 4.99 Å². The van der Waals surface area contributed by atoms with E-state index < -0.39 is 5.54 Å². The third kappa shape index (κ3) is 1.97.